The van der Waals surface area contributed by atoms with Crippen LogP contribution in [-0.4, -0.2) is 30.9 Å². The van der Waals surface area contributed by atoms with E-state index in [9.17, 15) is 9.50 Å². The number of aliphatic imine (C=N–C) groups is 1. The van der Waals surface area contributed by atoms with Gasteiger partial charge in [-0.25, -0.2) is 9.38 Å². The minimum atomic E-state index is -0.967. The van der Waals surface area contributed by atoms with Gasteiger partial charge in [0.05, 0.1) is 12.6 Å². The Morgan fingerprint density at radius 2 is 1.96 bits per heavy atom. The number of benzene rings is 2. The smallest absolute Gasteiger partial charge is 0.231 e. The largest absolute Gasteiger partial charge is 0.454 e. The molecule has 2 aromatic rings. The molecule has 1 aliphatic heterocycles. The molecule has 0 spiro atoms. The van der Waals surface area contributed by atoms with Gasteiger partial charge >= 0.3 is 0 Å². The van der Waals surface area contributed by atoms with E-state index in [1.54, 1.807) is 18.2 Å². The molecule has 1 unspecified atom stereocenters. The van der Waals surface area contributed by atoms with Gasteiger partial charge in [-0.05, 0) is 30.7 Å². The Kier molecular flexibility index (Phi) is 8.11. The van der Waals surface area contributed by atoms with Crippen LogP contribution in [0.4, 0.5) is 4.39 Å². The highest BCUT2D eigenvalue weighted by Gasteiger charge is 2.14. The number of nitrogens with one attached hydrogen (secondary N) is 2. The zero-order valence-electron chi connectivity index (χ0n) is 14.9. The summed E-state index contributed by atoms with van der Waals surface area (Å²) in [5.41, 5.74) is 1.23. The lowest BCUT2D eigenvalue weighted by Gasteiger charge is -2.16. The van der Waals surface area contributed by atoms with Crippen molar-refractivity contribution in [3.05, 3.63) is 59.4 Å². The quantitative estimate of drug-likeness (QED) is 0.332. The fourth-order valence-corrected chi connectivity index (χ4v) is 2.60. The summed E-state index contributed by atoms with van der Waals surface area (Å²) in [4.78, 5) is 4.49. The van der Waals surface area contributed by atoms with Crippen molar-refractivity contribution in [1.82, 2.24) is 10.6 Å². The Balaban J connectivity index is 0.00000261. The summed E-state index contributed by atoms with van der Waals surface area (Å²) in [6, 6.07) is 11.9. The van der Waals surface area contributed by atoms with Crippen LogP contribution >= 0.6 is 24.0 Å². The van der Waals surface area contributed by atoms with Crippen LogP contribution in [0.15, 0.2) is 47.5 Å². The van der Waals surface area contributed by atoms with Crippen molar-refractivity contribution in [2.45, 2.75) is 19.6 Å². The Hall–Kier alpha value is -2.07. The first-order valence-corrected chi connectivity index (χ1v) is 8.50. The third kappa shape index (κ3) is 5.70. The van der Waals surface area contributed by atoms with Crippen molar-refractivity contribution in [2.24, 2.45) is 4.99 Å². The van der Waals surface area contributed by atoms with Crippen molar-refractivity contribution < 1.29 is 19.0 Å². The monoisotopic (exact) mass is 487 g/mol. The van der Waals surface area contributed by atoms with Gasteiger partial charge in [-0.15, -0.1) is 24.0 Å². The Morgan fingerprint density at radius 1 is 1.19 bits per heavy atom. The fraction of sp³-hybridized carbons (Fsp3) is 0.316. The molecule has 0 saturated carbocycles. The van der Waals surface area contributed by atoms with Gasteiger partial charge in [0.2, 0.25) is 6.79 Å². The molecule has 3 N–H and O–H groups in total. The van der Waals surface area contributed by atoms with Crippen molar-refractivity contribution in [2.75, 3.05) is 19.9 Å². The summed E-state index contributed by atoms with van der Waals surface area (Å²) in [7, 11) is 0. The van der Waals surface area contributed by atoms with E-state index in [-0.39, 0.29) is 42.9 Å². The van der Waals surface area contributed by atoms with Crippen molar-refractivity contribution >= 4 is 29.9 Å². The first-order chi connectivity index (χ1) is 12.7. The molecule has 3 rings (SSSR count). The predicted molar refractivity (Wildman–Crippen MR) is 112 cm³/mol. The maximum Gasteiger partial charge on any atom is 0.231 e. The van der Waals surface area contributed by atoms with E-state index >= 15 is 0 Å². The van der Waals surface area contributed by atoms with Crippen LogP contribution in [0.3, 0.4) is 0 Å². The van der Waals surface area contributed by atoms with E-state index in [2.05, 4.69) is 15.6 Å². The number of aliphatic hydroxyl groups excluding tert-OH is 1. The van der Waals surface area contributed by atoms with Crippen LogP contribution in [-0.2, 0) is 6.54 Å². The molecule has 1 atom stereocenters. The molecule has 0 saturated heterocycles. The number of fused-ring (bicyclic) bond motifs is 1. The summed E-state index contributed by atoms with van der Waals surface area (Å²) < 4.78 is 24.4. The zero-order valence-corrected chi connectivity index (χ0v) is 17.3. The molecular weight excluding hydrogens is 464 g/mol. The molecule has 0 bridgehead atoms. The van der Waals surface area contributed by atoms with Gasteiger partial charge in [-0.3, -0.25) is 0 Å². The lowest BCUT2D eigenvalue weighted by Crippen LogP contribution is -2.39. The minimum Gasteiger partial charge on any atom is -0.454 e. The molecule has 0 radical (unpaired) electrons. The molecule has 6 nitrogen and oxygen atoms in total. The third-order valence-electron chi connectivity index (χ3n) is 3.93. The molecule has 27 heavy (non-hydrogen) atoms. The van der Waals surface area contributed by atoms with Gasteiger partial charge in [0.25, 0.3) is 0 Å². The van der Waals surface area contributed by atoms with Crippen LogP contribution in [0.1, 0.15) is 24.2 Å². The van der Waals surface area contributed by atoms with E-state index in [4.69, 9.17) is 9.47 Å². The number of ether oxygens (including phenoxy) is 2. The molecule has 0 aromatic heterocycles. The summed E-state index contributed by atoms with van der Waals surface area (Å²) in [5, 5.41) is 16.3. The molecule has 1 aliphatic rings. The van der Waals surface area contributed by atoms with Crippen LogP contribution in [0.5, 0.6) is 11.5 Å². The highest BCUT2D eigenvalue weighted by atomic mass is 127. The first kappa shape index (κ1) is 21.2. The lowest BCUT2D eigenvalue weighted by atomic mass is 10.1. The number of hydrogen-bond acceptors (Lipinski definition) is 4. The highest BCUT2D eigenvalue weighted by molar-refractivity contribution is 14.0. The topological polar surface area (TPSA) is 75.1 Å². The summed E-state index contributed by atoms with van der Waals surface area (Å²) >= 11 is 0. The minimum absolute atomic E-state index is 0. The van der Waals surface area contributed by atoms with Gasteiger partial charge in [0, 0.05) is 18.7 Å². The molecule has 146 valence electrons. The van der Waals surface area contributed by atoms with E-state index in [1.165, 1.54) is 6.07 Å². The van der Waals surface area contributed by atoms with E-state index in [1.807, 2.05) is 25.1 Å². The molecule has 0 aliphatic carbocycles. The second-order valence-corrected chi connectivity index (χ2v) is 5.80. The number of hydrogen-bond donors (Lipinski definition) is 3. The van der Waals surface area contributed by atoms with Gasteiger partial charge in [0.1, 0.15) is 5.82 Å². The second kappa shape index (κ2) is 10.3. The third-order valence-corrected chi connectivity index (χ3v) is 3.93. The molecule has 8 heteroatoms. The second-order valence-electron chi connectivity index (χ2n) is 5.80. The number of guanidine groups is 1. The van der Waals surface area contributed by atoms with E-state index < -0.39 is 11.9 Å². The maximum absolute atomic E-state index is 13.7. The van der Waals surface area contributed by atoms with Gasteiger partial charge in [-0.1, -0.05) is 24.3 Å². The average Bonchev–Trinajstić information content (AvgIpc) is 3.12. The standard InChI is InChI=1S/C19H22FN3O3.HI/c1-2-21-19(23-11-16(24)14-5-3-4-6-15(14)20)22-10-13-7-8-17-18(9-13)26-12-25-17;/h3-9,16,24H,2,10-12H2,1H3,(H2,21,22,23);1H. The molecule has 2 aromatic carbocycles. The summed E-state index contributed by atoms with van der Waals surface area (Å²) in [5.74, 6) is 1.56. The normalized spacial score (nSPS) is 13.7. The Labute approximate surface area is 174 Å². The number of aliphatic hydroxyl groups is 1. The van der Waals surface area contributed by atoms with Gasteiger partial charge in [0.15, 0.2) is 17.5 Å². The molecule has 0 amide bonds. The fourth-order valence-electron chi connectivity index (χ4n) is 2.60. The number of rotatable bonds is 6. The Morgan fingerprint density at radius 3 is 2.74 bits per heavy atom. The molecular formula is C19H23FIN3O3. The first-order valence-electron chi connectivity index (χ1n) is 8.50. The van der Waals surface area contributed by atoms with Crippen LogP contribution in [0, 0.1) is 5.82 Å². The van der Waals surface area contributed by atoms with Crippen molar-refractivity contribution in [1.29, 1.82) is 0 Å². The number of halogens is 2. The van der Waals surface area contributed by atoms with Crippen LogP contribution < -0.4 is 20.1 Å². The van der Waals surface area contributed by atoms with E-state index in [0.717, 1.165) is 11.3 Å². The van der Waals surface area contributed by atoms with Crippen molar-refractivity contribution in [3.63, 3.8) is 0 Å². The lowest BCUT2D eigenvalue weighted by molar-refractivity contribution is 0.174. The van der Waals surface area contributed by atoms with Gasteiger partial charge in [-0.2, -0.15) is 0 Å². The average molecular weight is 487 g/mol. The SMILES string of the molecule is CCNC(=NCc1ccc2c(c1)OCO2)NCC(O)c1ccccc1F.I. The summed E-state index contributed by atoms with van der Waals surface area (Å²) in [6.45, 7) is 3.43. The van der Waals surface area contributed by atoms with Crippen LogP contribution in [0.25, 0.3) is 0 Å². The number of nitrogens with zero attached hydrogens (tertiary/aromatic N) is 1. The predicted octanol–water partition coefficient (Wildman–Crippen LogP) is 2.96. The maximum atomic E-state index is 13.7. The zero-order chi connectivity index (χ0) is 18.4. The Bertz CT molecular complexity index is 789. The van der Waals surface area contributed by atoms with E-state index in [0.29, 0.717) is 24.8 Å². The highest BCUT2D eigenvalue weighted by Crippen LogP contribution is 2.32. The molecule has 1 heterocycles. The summed E-state index contributed by atoms with van der Waals surface area (Å²) in [6.07, 6.45) is -0.967. The molecule has 0 fully saturated rings. The van der Waals surface area contributed by atoms with Crippen molar-refractivity contribution in [3.8, 4) is 11.5 Å². The van der Waals surface area contributed by atoms with Gasteiger partial charge < -0.3 is 25.2 Å². The van der Waals surface area contributed by atoms with Crippen LogP contribution in [0.2, 0.25) is 0 Å².